The number of anilines is 3. The van der Waals surface area contributed by atoms with Crippen molar-refractivity contribution in [3.63, 3.8) is 0 Å². The Kier molecular flexibility index (Phi) is 9.40. The van der Waals surface area contributed by atoms with Crippen molar-refractivity contribution in [3.05, 3.63) is 101 Å². The number of hydrogen-bond donors (Lipinski definition) is 2. The highest BCUT2D eigenvalue weighted by molar-refractivity contribution is 7.17. The number of nitrogens with one attached hydrogen (secondary N) is 1. The molecular weight excluding hydrogens is 458 g/mol. The van der Waals surface area contributed by atoms with Crippen molar-refractivity contribution in [2.75, 3.05) is 25.3 Å². The van der Waals surface area contributed by atoms with E-state index in [1.165, 1.54) is 11.3 Å². The number of hydrogen-bond acceptors (Lipinski definition) is 7. The van der Waals surface area contributed by atoms with Gasteiger partial charge >= 0.3 is 0 Å². The van der Waals surface area contributed by atoms with Crippen LogP contribution in [-0.2, 0) is 15.9 Å². The summed E-state index contributed by atoms with van der Waals surface area (Å²) in [4.78, 5) is 0.929. The van der Waals surface area contributed by atoms with Crippen LogP contribution in [0, 0.1) is 11.3 Å². The van der Waals surface area contributed by atoms with Crippen LogP contribution in [-0.4, -0.2) is 14.2 Å². The molecule has 1 heterocycles. The molecule has 0 aliphatic rings. The van der Waals surface area contributed by atoms with Crippen LogP contribution >= 0.6 is 11.3 Å². The first-order valence-electron chi connectivity index (χ1n) is 11.1. The monoisotopic (exact) mass is 487 g/mol. The van der Waals surface area contributed by atoms with E-state index in [9.17, 15) is 5.26 Å². The lowest BCUT2D eigenvalue weighted by molar-refractivity contribution is 0.274. The number of ether oxygens (including phenoxy) is 3. The lowest BCUT2D eigenvalue weighted by Gasteiger charge is -2.08. The fraction of sp³-hybridized carbons (Fsp3) is 0.179. The van der Waals surface area contributed by atoms with Gasteiger partial charge in [-0.2, -0.15) is 5.26 Å². The number of nitrogens with two attached hydrogens (primary N) is 1. The first-order chi connectivity index (χ1) is 17.1. The summed E-state index contributed by atoms with van der Waals surface area (Å²) in [7, 11) is 3.26. The molecule has 0 aliphatic carbocycles. The van der Waals surface area contributed by atoms with Gasteiger partial charge in [-0.25, -0.2) is 0 Å². The Balaban J connectivity index is 1.69. The molecule has 0 bridgehead atoms. The highest BCUT2D eigenvalue weighted by Gasteiger charge is 2.16. The second kappa shape index (κ2) is 12.9. The molecule has 0 amide bonds. The molecule has 3 aromatic rings. The number of aryl methyl sites for hydroxylation is 1. The van der Waals surface area contributed by atoms with Crippen molar-refractivity contribution < 1.29 is 14.2 Å². The quantitative estimate of drug-likeness (QED) is 0.158. The van der Waals surface area contributed by atoms with Gasteiger partial charge in [0, 0.05) is 23.4 Å². The maximum absolute atomic E-state index is 9.70. The third kappa shape index (κ3) is 7.16. The summed E-state index contributed by atoms with van der Waals surface area (Å²) in [5, 5.41) is 13.7. The van der Waals surface area contributed by atoms with E-state index >= 15 is 0 Å². The van der Waals surface area contributed by atoms with Crippen LogP contribution in [0.15, 0.2) is 90.9 Å². The second-order valence-corrected chi connectivity index (χ2v) is 8.59. The van der Waals surface area contributed by atoms with Crippen LogP contribution in [0.25, 0.3) is 0 Å². The largest absolute Gasteiger partial charge is 0.501 e. The minimum atomic E-state index is 0.449. The Morgan fingerprint density at radius 2 is 1.69 bits per heavy atom. The summed E-state index contributed by atoms with van der Waals surface area (Å²) < 4.78 is 16.7. The molecule has 35 heavy (non-hydrogen) atoms. The fourth-order valence-electron chi connectivity index (χ4n) is 3.28. The van der Waals surface area contributed by atoms with Crippen LogP contribution in [0.3, 0.4) is 0 Å². The van der Waals surface area contributed by atoms with Crippen LogP contribution in [0.4, 0.5) is 16.4 Å². The van der Waals surface area contributed by atoms with Crippen LogP contribution in [0.1, 0.15) is 23.3 Å². The molecule has 0 fully saturated rings. The van der Waals surface area contributed by atoms with E-state index < -0.39 is 0 Å². The number of para-hydroxylation sites is 1. The molecule has 0 spiro atoms. The van der Waals surface area contributed by atoms with Crippen LogP contribution in [0.2, 0.25) is 0 Å². The maximum Gasteiger partial charge on any atom is 0.127 e. The van der Waals surface area contributed by atoms with E-state index in [0.29, 0.717) is 35.5 Å². The van der Waals surface area contributed by atoms with Gasteiger partial charge in [-0.15, -0.1) is 17.9 Å². The topological polar surface area (TPSA) is 89.5 Å². The predicted octanol–water partition coefficient (Wildman–Crippen LogP) is 7.31. The number of nitrogens with zero attached hydrogens (tertiary/aromatic N) is 1. The minimum absolute atomic E-state index is 0.449. The van der Waals surface area contributed by atoms with Crippen molar-refractivity contribution in [1.29, 1.82) is 5.26 Å². The van der Waals surface area contributed by atoms with Gasteiger partial charge in [0.1, 0.15) is 28.1 Å². The normalized spacial score (nSPS) is 11.5. The summed E-state index contributed by atoms with van der Waals surface area (Å²) in [6.45, 7) is 3.73. The summed E-state index contributed by atoms with van der Waals surface area (Å²) in [5.41, 5.74) is 8.10. The smallest absolute Gasteiger partial charge is 0.127 e. The SMILES string of the molecule is C=CC/C(=C\C=C(/CCc1sc(Nc2ccc(Oc3ccccc3)cc2)c(C#N)c1N)OC)OC. The average molecular weight is 488 g/mol. The van der Waals surface area contributed by atoms with E-state index in [-0.39, 0.29) is 0 Å². The standard InChI is InChI=1S/C28H29N3O3S/c1-4-8-21(32-2)15-16-22(33-3)17-18-26-27(30)25(19-29)28(35-26)31-20-11-13-24(14-12-20)34-23-9-6-5-7-10-23/h4-7,9-16,31H,1,8,17-18,30H2,2-3H3/b21-15+,22-16+. The molecule has 180 valence electrons. The molecule has 0 unspecified atom stereocenters. The number of allylic oxidation sites excluding steroid dienone is 4. The summed E-state index contributed by atoms with van der Waals surface area (Å²) in [6.07, 6.45) is 7.46. The molecular formula is C28H29N3O3S. The molecule has 0 radical (unpaired) electrons. The van der Waals surface area contributed by atoms with Crippen molar-refractivity contribution in [1.82, 2.24) is 0 Å². The molecule has 3 rings (SSSR count). The molecule has 0 saturated heterocycles. The molecule has 0 aliphatic heterocycles. The molecule has 2 aromatic carbocycles. The van der Waals surface area contributed by atoms with Gasteiger partial charge < -0.3 is 25.3 Å². The van der Waals surface area contributed by atoms with Gasteiger partial charge in [0.2, 0.25) is 0 Å². The van der Waals surface area contributed by atoms with E-state index in [2.05, 4.69) is 18.0 Å². The first-order valence-corrected chi connectivity index (χ1v) is 11.9. The van der Waals surface area contributed by atoms with E-state index in [0.717, 1.165) is 33.6 Å². The third-order valence-corrected chi connectivity index (χ3v) is 6.33. The molecule has 6 nitrogen and oxygen atoms in total. The molecule has 0 saturated carbocycles. The number of thiophene rings is 1. The molecule has 0 atom stereocenters. The Morgan fingerprint density at radius 3 is 2.31 bits per heavy atom. The van der Waals surface area contributed by atoms with Gasteiger partial charge in [-0.05, 0) is 55.0 Å². The van der Waals surface area contributed by atoms with Crippen LogP contribution in [0.5, 0.6) is 11.5 Å². The number of nitriles is 1. The summed E-state index contributed by atoms with van der Waals surface area (Å²) in [6, 6.07) is 19.4. The molecule has 7 heteroatoms. The Bertz CT molecular complexity index is 1220. The first kappa shape index (κ1) is 25.5. The second-order valence-electron chi connectivity index (χ2n) is 7.49. The number of rotatable bonds is 12. The number of methoxy groups -OCH3 is 2. The molecule has 1 aromatic heterocycles. The van der Waals surface area contributed by atoms with Crippen molar-refractivity contribution in [2.24, 2.45) is 0 Å². The highest BCUT2D eigenvalue weighted by atomic mass is 32.1. The number of nitrogen functional groups attached to an aromatic ring is 1. The van der Waals surface area contributed by atoms with Gasteiger partial charge in [0.05, 0.1) is 31.4 Å². The van der Waals surface area contributed by atoms with E-state index in [4.69, 9.17) is 19.9 Å². The lowest BCUT2D eigenvalue weighted by Crippen LogP contribution is -1.95. The van der Waals surface area contributed by atoms with Gasteiger partial charge in [0.15, 0.2) is 0 Å². The zero-order valence-corrected chi connectivity index (χ0v) is 20.7. The van der Waals surface area contributed by atoms with Gasteiger partial charge in [-0.3, -0.25) is 0 Å². The van der Waals surface area contributed by atoms with Crippen molar-refractivity contribution in [2.45, 2.75) is 19.3 Å². The summed E-state index contributed by atoms with van der Waals surface area (Å²) in [5.74, 6) is 3.09. The van der Waals surface area contributed by atoms with Gasteiger partial charge in [0.25, 0.3) is 0 Å². The Hall–Kier alpha value is -4.15. The zero-order chi connectivity index (χ0) is 25.0. The number of benzene rings is 2. The van der Waals surface area contributed by atoms with Crippen LogP contribution < -0.4 is 15.8 Å². The van der Waals surface area contributed by atoms with Crippen molar-refractivity contribution in [3.8, 4) is 17.6 Å². The van der Waals surface area contributed by atoms with E-state index in [1.807, 2.05) is 66.7 Å². The predicted molar refractivity (Wildman–Crippen MR) is 143 cm³/mol. The average Bonchev–Trinajstić information content (AvgIpc) is 3.18. The lowest BCUT2D eigenvalue weighted by atomic mass is 10.1. The zero-order valence-electron chi connectivity index (χ0n) is 19.9. The van der Waals surface area contributed by atoms with E-state index in [1.54, 1.807) is 20.3 Å². The Morgan fingerprint density at radius 1 is 1.03 bits per heavy atom. The third-order valence-electron chi connectivity index (χ3n) is 5.15. The highest BCUT2D eigenvalue weighted by Crippen LogP contribution is 2.38. The maximum atomic E-state index is 9.70. The fourth-order valence-corrected chi connectivity index (χ4v) is 4.36. The van der Waals surface area contributed by atoms with Crippen molar-refractivity contribution >= 4 is 27.7 Å². The Labute approximate surface area is 210 Å². The minimum Gasteiger partial charge on any atom is -0.501 e. The molecule has 3 N–H and O–H groups in total. The van der Waals surface area contributed by atoms with Gasteiger partial charge in [-0.1, -0.05) is 24.3 Å². The summed E-state index contributed by atoms with van der Waals surface area (Å²) >= 11 is 1.48.